The highest BCUT2D eigenvalue weighted by Crippen LogP contribution is 2.44. The number of hydrogen-bond acceptors (Lipinski definition) is 7. The molecule has 0 bridgehead atoms. The Kier molecular flexibility index (Phi) is 6.37. The number of likely N-dealkylation sites (N-methyl/N-ethyl adjacent to an activating group) is 1. The van der Waals surface area contributed by atoms with Crippen LogP contribution >= 0.6 is 0 Å². The summed E-state index contributed by atoms with van der Waals surface area (Å²) >= 11 is 0. The molecule has 2 atom stereocenters. The van der Waals surface area contributed by atoms with Gasteiger partial charge in [0.2, 0.25) is 0 Å². The predicted molar refractivity (Wildman–Crippen MR) is 122 cm³/mol. The van der Waals surface area contributed by atoms with Crippen molar-refractivity contribution in [3.8, 4) is 11.8 Å². The fourth-order valence-corrected chi connectivity index (χ4v) is 4.46. The monoisotopic (exact) mass is 461 g/mol. The standard InChI is InChI=1S/C26H24FN3O4/c1-4-34-26(32)25-22(31)14-23-29(2)24(16-9-11-18(33-3)12-10-16)19(15-28)21(30(23)25)13-17-7-5-6-8-20(17)27/h5-12,14,24-25H,4,13H2,1-3H3. The zero-order chi connectivity index (χ0) is 24.4. The van der Waals surface area contributed by atoms with Gasteiger partial charge in [-0.2, -0.15) is 5.26 Å². The number of benzene rings is 2. The van der Waals surface area contributed by atoms with Crippen LogP contribution in [0.3, 0.4) is 0 Å². The Morgan fingerprint density at radius 2 is 1.88 bits per heavy atom. The van der Waals surface area contributed by atoms with Crippen molar-refractivity contribution in [3.05, 3.63) is 88.6 Å². The highest BCUT2D eigenvalue weighted by Gasteiger charge is 2.48. The van der Waals surface area contributed by atoms with Gasteiger partial charge in [-0.3, -0.25) is 4.79 Å². The maximum atomic E-state index is 14.6. The van der Waals surface area contributed by atoms with Crippen molar-refractivity contribution in [1.29, 1.82) is 5.26 Å². The second kappa shape index (κ2) is 9.40. The SMILES string of the molecule is CCOC(=O)C1C(=O)C=C2N(C)C(c3ccc(OC)cc3)C(C#N)=C(Cc3ccccc3F)N21. The largest absolute Gasteiger partial charge is 0.497 e. The number of nitrogens with zero attached hydrogens (tertiary/aromatic N) is 3. The normalized spacial score (nSPS) is 19.5. The zero-order valence-electron chi connectivity index (χ0n) is 19.1. The maximum absolute atomic E-state index is 14.6. The van der Waals surface area contributed by atoms with E-state index in [1.165, 1.54) is 17.0 Å². The van der Waals surface area contributed by atoms with Crippen LogP contribution in [-0.4, -0.2) is 48.4 Å². The van der Waals surface area contributed by atoms with Crippen LogP contribution in [-0.2, 0) is 20.7 Å². The van der Waals surface area contributed by atoms with Gasteiger partial charge in [-0.1, -0.05) is 30.3 Å². The molecule has 7 nitrogen and oxygen atoms in total. The molecule has 8 heteroatoms. The molecule has 4 rings (SSSR count). The number of ketones is 1. The quantitative estimate of drug-likeness (QED) is 0.481. The van der Waals surface area contributed by atoms with Crippen LogP contribution < -0.4 is 4.74 Å². The van der Waals surface area contributed by atoms with Gasteiger partial charge >= 0.3 is 5.97 Å². The van der Waals surface area contributed by atoms with Crippen LogP contribution in [0.1, 0.15) is 24.1 Å². The van der Waals surface area contributed by atoms with Crippen LogP contribution in [0.15, 0.2) is 71.7 Å². The van der Waals surface area contributed by atoms with Crippen LogP contribution in [0.25, 0.3) is 0 Å². The lowest BCUT2D eigenvalue weighted by Gasteiger charge is -2.44. The zero-order valence-corrected chi connectivity index (χ0v) is 19.1. The lowest BCUT2D eigenvalue weighted by atomic mass is 9.91. The number of halogens is 1. The van der Waals surface area contributed by atoms with E-state index in [2.05, 4.69) is 6.07 Å². The van der Waals surface area contributed by atoms with Crippen molar-refractivity contribution in [3.63, 3.8) is 0 Å². The first-order valence-electron chi connectivity index (χ1n) is 10.9. The minimum atomic E-state index is -1.26. The summed E-state index contributed by atoms with van der Waals surface area (Å²) in [7, 11) is 3.32. The summed E-state index contributed by atoms with van der Waals surface area (Å²) in [4.78, 5) is 29.0. The first-order chi connectivity index (χ1) is 16.4. The molecule has 0 radical (unpaired) electrons. The number of hydrogen-bond donors (Lipinski definition) is 0. The molecule has 2 heterocycles. The summed E-state index contributed by atoms with van der Waals surface area (Å²) < 4.78 is 25.0. The molecule has 2 aliphatic heterocycles. The second-order valence-electron chi connectivity index (χ2n) is 7.96. The van der Waals surface area contributed by atoms with E-state index in [9.17, 15) is 19.2 Å². The molecule has 34 heavy (non-hydrogen) atoms. The van der Waals surface area contributed by atoms with Gasteiger partial charge in [0.1, 0.15) is 17.4 Å². The van der Waals surface area contributed by atoms with Crippen molar-refractivity contribution in [2.24, 2.45) is 0 Å². The van der Waals surface area contributed by atoms with Gasteiger partial charge in [0.15, 0.2) is 11.8 Å². The summed E-state index contributed by atoms with van der Waals surface area (Å²) in [5.74, 6) is -0.474. The molecule has 0 saturated heterocycles. The van der Waals surface area contributed by atoms with E-state index in [1.807, 2.05) is 12.1 Å². The smallest absolute Gasteiger partial charge is 0.337 e. The number of esters is 1. The molecule has 2 aromatic carbocycles. The molecule has 0 aromatic heterocycles. The van der Waals surface area contributed by atoms with E-state index in [4.69, 9.17) is 9.47 Å². The Morgan fingerprint density at radius 1 is 1.18 bits per heavy atom. The van der Waals surface area contributed by atoms with E-state index >= 15 is 0 Å². The Labute approximate surface area is 197 Å². The minimum Gasteiger partial charge on any atom is -0.497 e. The first-order valence-corrected chi connectivity index (χ1v) is 10.9. The van der Waals surface area contributed by atoms with Gasteiger partial charge < -0.3 is 19.3 Å². The fourth-order valence-electron chi connectivity index (χ4n) is 4.46. The van der Waals surface area contributed by atoms with Gasteiger partial charge in [0.25, 0.3) is 0 Å². The van der Waals surface area contributed by atoms with E-state index in [0.29, 0.717) is 28.4 Å². The third-order valence-corrected chi connectivity index (χ3v) is 6.05. The molecule has 0 fully saturated rings. The number of carbonyl (C=O) groups is 2. The van der Waals surface area contributed by atoms with Crippen molar-refractivity contribution in [2.75, 3.05) is 20.8 Å². The molecule has 2 aliphatic rings. The van der Waals surface area contributed by atoms with Crippen molar-refractivity contribution >= 4 is 11.8 Å². The van der Waals surface area contributed by atoms with Gasteiger partial charge in [0.05, 0.1) is 31.4 Å². The van der Waals surface area contributed by atoms with Gasteiger partial charge in [-0.05, 0) is 36.2 Å². The molecule has 0 amide bonds. The Hall–Kier alpha value is -4.12. The number of nitriles is 1. The second-order valence-corrected chi connectivity index (χ2v) is 7.96. The lowest BCUT2D eigenvalue weighted by molar-refractivity contribution is -0.150. The number of ether oxygens (including phenoxy) is 2. The molecule has 0 N–H and O–H groups in total. The first kappa shape index (κ1) is 23.1. The number of rotatable bonds is 6. The summed E-state index contributed by atoms with van der Waals surface area (Å²) in [5, 5.41) is 10.3. The molecular weight excluding hydrogens is 437 g/mol. The third kappa shape index (κ3) is 3.90. The van der Waals surface area contributed by atoms with Crippen LogP contribution in [0.4, 0.5) is 4.39 Å². The van der Waals surface area contributed by atoms with E-state index in [-0.39, 0.29) is 13.0 Å². The molecule has 0 spiro atoms. The van der Waals surface area contributed by atoms with Crippen molar-refractivity contribution in [2.45, 2.75) is 25.4 Å². The molecule has 2 unspecified atom stereocenters. The molecule has 0 aliphatic carbocycles. The third-order valence-electron chi connectivity index (χ3n) is 6.05. The fraction of sp³-hybridized carbons (Fsp3) is 0.269. The highest BCUT2D eigenvalue weighted by molar-refractivity contribution is 6.11. The average Bonchev–Trinajstić information content (AvgIpc) is 3.19. The predicted octanol–water partition coefficient (Wildman–Crippen LogP) is 3.50. The lowest BCUT2D eigenvalue weighted by Crippen LogP contribution is -2.48. The van der Waals surface area contributed by atoms with E-state index < -0.39 is 29.7 Å². The molecular formula is C26H24FN3O4. The average molecular weight is 461 g/mol. The summed E-state index contributed by atoms with van der Waals surface area (Å²) in [6, 6.07) is 14.0. The van der Waals surface area contributed by atoms with Crippen LogP contribution in [0.2, 0.25) is 0 Å². The maximum Gasteiger partial charge on any atom is 0.337 e. The summed E-state index contributed by atoms with van der Waals surface area (Å²) in [5.41, 5.74) is 1.85. The van der Waals surface area contributed by atoms with Crippen LogP contribution in [0, 0.1) is 17.1 Å². The summed E-state index contributed by atoms with van der Waals surface area (Å²) in [6.07, 6.45) is 1.41. The minimum absolute atomic E-state index is 0.0244. The molecule has 2 aromatic rings. The molecule has 0 saturated carbocycles. The topological polar surface area (TPSA) is 82.9 Å². The van der Waals surface area contributed by atoms with Gasteiger partial charge in [-0.15, -0.1) is 0 Å². The number of carbonyl (C=O) groups excluding carboxylic acids is 2. The summed E-state index contributed by atoms with van der Waals surface area (Å²) in [6.45, 7) is 1.76. The van der Waals surface area contributed by atoms with Gasteiger partial charge in [0, 0.05) is 25.2 Å². The van der Waals surface area contributed by atoms with Gasteiger partial charge in [-0.25, -0.2) is 9.18 Å². The Morgan fingerprint density at radius 3 is 2.50 bits per heavy atom. The van der Waals surface area contributed by atoms with Crippen LogP contribution in [0.5, 0.6) is 5.75 Å². The molecule has 174 valence electrons. The van der Waals surface area contributed by atoms with Crippen molar-refractivity contribution in [1.82, 2.24) is 9.80 Å². The Bertz CT molecular complexity index is 1230. The van der Waals surface area contributed by atoms with E-state index in [1.54, 1.807) is 56.3 Å². The Balaban J connectivity index is 1.91. The number of allylic oxidation sites excluding steroid dienone is 1. The number of fused-ring (bicyclic) bond motifs is 1. The van der Waals surface area contributed by atoms with Crippen molar-refractivity contribution < 1.29 is 23.5 Å². The highest BCUT2D eigenvalue weighted by atomic mass is 19.1. The number of methoxy groups -OCH3 is 1. The van der Waals surface area contributed by atoms with E-state index in [0.717, 1.165) is 5.56 Å².